The average molecular weight is 372 g/mol. The molecule has 1 saturated carbocycles. The summed E-state index contributed by atoms with van der Waals surface area (Å²) < 4.78 is 5.39. The lowest BCUT2D eigenvalue weighted by molar-refractivity contribution is -0.134. The number of Topliss-reactive ketones (excluding diaryl/α,β-unsaturated/α-hetero) is 1. The first-order valence-electron chi connectivity index (χ1n) is 10.1. The number of nitrogens with one attached hydrogen (secondary N) is 1. The van der Waals surface area contributed by atoms with Crippen molar-refractivity contribution >= 4 is 17.6 Å². The van der Waals surface area contributed by atoms with Gasteiger partial charge in [0.25, 0.3) is 0 Å². The molecule has 2 aliphatic carbocycles. The van der Waals surface area contributed by atoms with Crippen molar-refractivity contribution in [3.8, 4) is 0 Å². The number of rotatable bonds is 2. The molecule has 3 rings (SSSR count). The zero-order valence-corrected chi connectivity index (χ0v) is 17.6. The third kappa shape index (κ3) is 3.63. The second-order valence-corrected chi connectivity index (χ2v) is 9.83. The van der Waals surface area contributed by atoms with Crippen molar-refractivity contribution in [2.75, 3.05) is 5.32 Å². The zero-order chi connectivity index (χ0) is 20.0. The van der Waals surface area contributed by atoms with Crippen LogP contribution in [0.3, 0.4) is 0 Å². The summed E-state index contributed by atoms with van der Waals surface area (Å²) in [5.74, 6) is 0.658. The molecule has 1 aromatic carbocycles. The summed E-state index contributed by atoms with van der Waals surface area (Å²) in [6.07, 6.45) is 4.74. The number of ketones is 1. The Labute approximate surface area is 163 Å². The van der Waals surface area contributed by atoms with Gasteiger partial charge in [0.1, 0.15) is 11.4 Å². The van der Waals surface area contributed by atoms with Crippen LogP contribution in [0, 0.1) is 11.3 Å². The standard InChI is InChI=1S/C23H33NO3/c1-15(25)22(5)12-7-13-23(6)18-14-17(24-20(26)27-21(2,3)4)10-8-16(18)9-11-19(22)23/h8,10,14,19H,7,9,11-13H2,1-6H3,(H,24,26)/t19?,22-,23?/m1/s1. The number of hydrogen-bond donors (Lipinski definition) is 1. The monoisotopic (exact) mass is 371 g/mol. The van der Waals surface area contributed by atoms with Crippen molar-refractivity contribution in [2.24, 2.45) is 11.3 Å². The number of carbonyl (C=O) groups excluding carboxylic acids is 2. The maximum absolute atomic E-state index is 12.5. The highest BCUT2D eigenvalue weighted by atomic mass is 16.6. The second-order valence-electron chi connectivity index (χ2n) is 9.83. The average Bonchev–Trinajstić information content (AvgIpc) is 2.53. The van der Waals surface area contributed by atoms with Crippen LogP contribution in [0.15, 0.2) is 18.2 Å². The van der Waals surface area contributed by atoms with Gasteiger partial charge in [0, 0.05) is 11.1 Å². The first kappa shape index (κ1) is 19.9. The molecule has 0 aromatic heterocycles. The summed E-state index contributed by atoms with van der Waals surface area (Å²) in [6.45, 7) is 11.8. The smallest absolute Gasteiger partial charge is 0.412 e. The molecule has 1 amide bonds. The summed E-state index contributed by atoms with van der Waals surface area (Å²) in [6, 6.07) is 6.19. The van der Waals surface area contributed by atoms with Gasteiger partial charge in [-0.15, -0.1) is 0 Å². The molecule has 27 heavy (non-hydrogen) atoms. The molecular weight excluding hydrogens is 338 g/mol. The van der Waals surface area contributed by atoms with E-state index in [1.807, 2.05) is 26.8 Å². The SMILES string of the molecule is CC(=O)[C@@]1(C)CCCC2(C)c3cc(NC(=O)OC(C)(C)C)ccc3CCC21. The number of hydrogen-bond acceptors (Lipinski definition) is 3. The zero-order valence-electron chi connectivity index (χ0n) is 17.6. The molecule has 2 unspecified atom stereocenters. The number of anilines is 1. The van der Waals surface area contributed by atoms with Crippen molar-refractivity contribution in [2.45, 2.75) is 84.7 Å². The summed E-state index contributed by atoms with van der Waals surface area (Å²) in [5.41, 5.74) is 2.59. The van der Waals surface area contributed by atoms with E-state index in [4.69, 9.17) is 4.74 Å². The first-order valence-corrected chi connectivity index (χ1v) is 10.1. The Kier molecular flexibility index (Phi) is 4.90. The van der Waals surface area contributed by atoms with Crippen LogP contribution in [-0.2, 0) is 21.4 Å². The van der Waals surface area contributed by atoms with E-state index in [-0.39, 0.29) is 10.8 Å². The topological polar surface area (TPSA) is 55.4 Å². The highest BCUT2D eigenvalue weighted by Crippen LogP contribution is 2.57. The lowest BCUT2D eigenvalue weighted by Gasteiger charge is -2.54. The van der Waals surface area contributed by atoms with Crippen molar-refractivity contribution < 1.29 is 14.3 Å². The number of carbonyl (C=O) groups is 2. The van der Waals surface area contributed by atoms with Gasteiger partial charge < -0.3 is 4.74 Å². The van der Waals surface area contributed by atoms with Gasteiger partial charge in [0.15, 0.2) is 0 Å². The van der Waals surface area contributed by atoms with E-state index in [2.05, 4.69) is 31.3 Å². The fraction of sp³-hybridized carbons (Fsp3) is 0.652. The maximum atomic E-state index is 12.5. The summed E-state index contributed by atoms with van der Waals surface area (Å²) >= 11 is 0. The lowest BCUT2D eigenvalue weighted by Crippen LogP contribution is -2.51. The molecule has 2 aliphatic rings. The van der Waals surface area contributed by atoms with E-state index in [0.29, 0.717) is 11.7 Å². The summed E-state index contributed by atoms with van der Waals surface area (Å²) in [4.78, 5) is 24.7. The maximum Gasteiger partial charge on any atom is 0.412 e. The van der Waals surface area contributed by atoms with Gasteiger partial charge in [-0.05, 0) is 88.0 Å². The minimum absolute atomic E-state index is 0.0299. The largest absolute Gasteiger partial charge is 0.444 e. The van der Waals surface area contributed by atoms with Gasteiger partial charge in [-0.3, -0.25) is 10.1 Å². The van der Waals surface area contributed by atoms with Crippen LogP contribution < -0.4 is 5.32 Å². The van der Waals surface area contributed by atoms with E-state index in [1.54, 1.807) is 6.92 Å². The van der Waals surface area contributed by atoms with Gasteiger partial charge in [-0.25, -0.2) is 4.79 Å². The molecule has 0 radical (unpaired) electrons. The Hall–Kier alpha value is -1.84. The molecule has 4 heteroatoms. The van der Waals surface area contributed by atoms with Crippen LogP contribution in [-0.4, -0.2) is 17.5 Å². The van der Waals surface area contributed by atoms with Gasteiger partial charge in [-0.2, -0.15) is 0 Å². The van der Waals surface area contributed by atoms with Gasteiger partial charge in [0.2, 0.25) is 0 Å². The van der Waals surface area contributed by atoms with Crippen LogP contribution in [0.1, 0.15) is 78.4 Å². The molecule has 0 bridgehead atoms. The predicted octanol–water partition coefficient (Wildman–Crippen LogP) is 5.63. The molecule has 4 nitrogen and oxygen atoms in total. The fourth-order valence-electron chi connectivity index (χ4n) is 5.38. The van der Waals surface area contributed by atoms with Crippen LogP contribution in [0.25, 0.3) is 0 Å². The highest BCUT2D eigenvalue weighted by molar-refractivity contribution is 5.85. The second kappa shape index (κ2) is 6.65. The fourth-order valence-corrected chi connectivity index (χ4v) is 5.38. The minimum atomic E-state index is -0.526. The molecule has 1 aromatic rings. The molecule has 0 saturated heterocycles. The normalized spacial score (nSPS) is 30.1. The number of aryl methyl sites for hydroxylation is 1. The molecule has 1 fully saturated rings. The van der Waals surface area contributed by atoms with E-state index in [1.165, 1.54) is 11.1 Å². The molecular formula is C23H33NO3. The van der Waals surface area contributed by atoms with E-state index in [9.17, 15) is 9.59 Å². The van der Waals surface area contributed by atoms with E-state index >= 15 is 0 Å². The molecule has 148 valence electrons. The van der Waals surface area contributed by atoms with Crippen LogP contribution >= 0.6 is 0 Å². The van der Waals surface area contributed by atoms with Gasteiger partial charge in [0.05, 0.1) is 0 Å². The summed E-state index contributed by atoms with van der Waals surface area (Å²) in [5, 5.41) is 2.88. The highest BCUT2D eigenvalue weighted by Gasteiger charge is 2.53. The summed E-state index contributed by atoms with van der Waals surface area (Å²) in [7, 11) is 0. The van der Waals surface area contributed by atoms with Gasteiger partial charge in [-0.1, -0.05) is 26.3 Å². The number of amides is 1. The van der Waals surface area contributed by atoms with Crippen LogP contribution in [0.5, 0.6) is 0 Å². The minimum Gasteiger partial charge on any atom is -0.444 e. The molecule has 1 N–H and O–H groups in total. The number of fused-ring (bicyclic) bond motifs is 3. The first-order chi connectivity index (χ1) is 12.5. The van der Waals surface area contributed by atoms with Crippen molar-refractivity contribution in [1.82, 2.24) is 0 Å². The Balaban J connectivity index is 1.93. The van der Waals surface area contributed by atoms with E-state index < -0.39 is 11.7 Å². The third-order valence-corrected chi connectivity index (χ3v) is 6.81. The number of benzene rings is 1. The molecule has 0 spiro atoms. The van der Waals surface area contributed by atoms with Crippen molar-refractivity contribution in [3.05, 3.63) is 29.3 Å². The number of ether oxygens (including phenoxy) is 1. The Morgan fingerprint density at radius 1 is 1.19 bits per heavy atom. The Morgan fingerprint density at radius 3 is 2.52 bits per heavy atom. The van der Waals surface area contributed by atoms with Crippen molar-refractivity contribution in [3.63, 3.8) is 0 Å². The molecule has 3 atom stereocenters. The van der Waals surface area contributed by atoms with Crippen LogP contribution in [0.4, 0.5) is 10.5 Å². The van der Waals surface area contributed by atoms with Crippen molar-refractivity contribution in [1.29, 1.82) is 0 Å². The Morgan fingerprint density at radius 2 is 1.89 bits per heavy atom. The van der Waals surface area contributed by atoms with Gasteiger partial charge >= 0.3 is 6.09 Å². The van der Waals surface area contributed by atoms with E-state index in [0.717, 1.165) is 37.8 Å². The molecule has 0 heterocycles. The quantitative estimate of drug-likeness (QED) is 0.732. The lowest BCUT2D eigenvalue weighted by atomic mass is 9.49. The molecule has 0 aliphatic heterocycles. The Bertz CT molecular complexity index is 763. The predicted molar refractivity (Wildman–Crippen MR) is 108 cm³/mol. The third-order valence-electron chi connectivity index (χ3n) is 6.81. The van der Waals surface area contributed by atoms with Crippen LogP contribution in [0.2, 0.25) is 0 Å².